The average Bonchev–Trinajstić information content (AvgIpc) is 3.58. The first-order valence-corrected chi connectivity index (χ1v) is 21.6. The summed E-state index contributed by atoms with van der Waals surface area (Å²) >= 11 is 0. The van der Waals surface area contributed by atoms with Crippen LogP contribution in [0.2, 0.25) is 0 Å². The van der Waals surface area contributed by atoms with Crippen molar-refractivity contribution in [1.29, 1.82) is 0 Å². The standard InChI is InChI=1S/C61H45N/c1-61(2)58-24-10-8-21-56(58)57-23-13-22-55(60(57)61)47-34-38-53(39-35-47)62(59-25-11-9-20-54(59)46-29-26-44(27-30-46)42-14-4-3-5-15-42)52-36-32-45(33-37-52)49-18-12-19-50(40-49)51-31-28-43-16-6-7-17-48(43)41-51/h3-41H,1-2H3. The van der Waals surface area contributed by atoms with Crippen molar-refractivity contribution in [2.75, 3.05) is 4.90 Å². The van der Waals surface area contributed by atoms with Crippen molar-refractivity contribution in [3.8, 4) is 66.8 Å². The second-order valence-corrected chi connectivity index (χ2v) is 16.9. The Hall–Kier alpha value is -7.74. The fraction of sp³-hybridized carbons (Fsp3) is 0.0492. The van der Waals surface area contributed by atoms with E-state index in [0.29, 0.717) is 0 Å². The zero-order valence-electron chi connectivity index (χ0n) is 35.0. The minimum atomic E-state index is -0.0982. The SMILES string of the molecule is CC1(C)c2ccccc2-c2cccc(-c3ccc(N(c4ccc(-c5cccc(-c6ccc7ccccc7c6)c5)cc4)c4ccccc4-c4ccc(-c5ccccc5)cc4)cc3)c21. The number of nitrogens with zero attached hydrogens (tertiary/aromatic N) is 1. The summed E-state index contributed by atoms with van der Waals surface area (Å²) < 4.78 is 0. The Kier molecular flexibility index (Phi) is 9.24. The van der Waals surface area contributed by atoms with Gasteiger partial charge in [-0.3, -0.25) is 0 Å². The molecule has 294 valence electrons. The Morgan fingerprint density at radius 1 is 0.290 bits per heavy atom. The molecule has 11 rings (SSSR count). The van der Waals surface area contributed by atoms with Crippen LogP contribution in [0.1, 0.15) is 25.0 Å². The van der Waals surface area contributed by atoms with Gasteiger partial charge in [0, 0.05) is 22.4 Å². The molecular formula is C61H45N. The van der Waals surface area contributed by atoms with E-state index >= 15 is 0 Å². The number of para-hydroxylation sites is 1. The predicted octanol–water partition coefficient (Wildman–Crippen LogP) is 17.0. The van der Waals surface area contributed by atoms with Crippen molar-refractivity contribution in [1.82, 2.24) is 0 Å². The Morgan fingerprint density at radius 3 is 1.50 bits per heavy atom. The second-order valence-electron chi connectivity index (χ2n) is 16.9. The molecule has 0 radical (unpaired) electrons. The van der Waals surface area contributed by atoms with Gasteiger partial charge in [0.2, 0.25) is 0 Å². The summed E-state index contributed by atoms with van der Waals surface area (Å²) in [5.74, 6) is 0. The van der Waals surface area contributed by atoms with E-state index in [-0.39, 0.29) is 5.41 Å². The first kappa shape index (κ1) is 37.3. The molecule has 0 aliphatic heterocycles. The molecule has 1 aliphatic carbocycles. The molecule has 0 unspecified atom stereocenters. The van der Waals surface area contributed by atoms with Crippen LogP contribution >= 0.6 is 0 Å². The van der Waals surface area contributed by atoms with Crippen LogP contribution in [0.5, 0.6) is 0 Å². The van der Waals surface area contributed by atoms with Gasteiger partial charge in [0.15, 0.2) is 0 Å². The third-order valence-electron chi connectivity index (χ3n) is 12.9. The normalized spacial score (nSPS) is 12.5. The lowest BCUT2D eigenvalue weighted by molar-refractivity contribution is 0.662. The number of anilines is 3. The summed E-state index contributed by atoms with van der Waals surface area (Å²) in [6.07, 6.45) is 0. The fourth-order valence-electron chi connectivity index (χ4n) is 9.74. The highest BCUT2D eigenvalue weighted by Gasteiger charge is 2.37. The zero-order valence-corrected chi connectivity index (χ0v) is 35.0. The summed E-state index contributed by atoms with van der Waals surface area (Å²) in [6, 6.07) is 86.5. The topological polar surface area (TPSA) is 3.24 Å². The highest BCUT2D eigenvalue weighted by Crippen LogP contribution is 2.52. The van der Waals surface area contributed by atoms with Crippen LogP contribution in [0, 0.1) is 0 Å². The van der Waals surface area contributed by atoms with Gasteiger partial charge in [0.1, 0.15) is 0 Å². The van der Waals surface area contributed by atoms with Crippen LogP contribution in [0.4, 0.5) is 17.1 Å². The molecule has 1 heteroatoms. The van der Waals surface area contributed by atoms with E-state index in [9.17, 15) is 0 Å². The van der Waals surface area contributed by atoms with Crippen LogP contribution in [-0.2, 0) is 5.41 Å². The molecule has 0 fully saturated rings. The molecule has 1 aliphatic rings. The van der Waals surface area contributed by atoms with E-state index in [2.05, 4.69) is 255 Å². The van der Waals surface area contributed by atoms with Crippen LogP contribution in [0.25, 0.3) is 77.5 Å². The van der Waals surface area contributed by atoms with Crippen molar-refractivity contribution in [3.05, 3.63) is 248 Å². The number of rotatable bonds is 8. The Bertz CT molecular complexity index is 3230. The molecule has 10 aromatic carbocycles. The highest BCUT2D eigenvalue weighted by atomic mass is 15.1. The van der Waals surface area contributed by atoms with Gasteiger partial charge in [-0.05, 0) is 126 Å². The monoisotopic (exact) mass is 791 g/mol. The highest BCUT2D eigenvalue weighted by molar-refractivity contribution is 5.92. The maximum absolute atomic E-state index is 2.41. The van der Waals surface area contributed by atoms with Crippen LogP contribution in [0.3, 0.4) is 0 Å². The summed E-state index contributed by atoms with van der Waals surface area (Å²) in [5, 5.41) is 2.51. The van der Waals surface area contributed by atoms with E-state index in [0.717, 1.165) is 17.1 Å². The largest absolute Gasteiger partial charge is 0.310 e. The van der Waals surface area contributed by atoms with Crippen LogP contribution in [0.15, 0.2) is 237 Å². The van der Waals surface area contributed by atoms with Crippen LogP contribution < -0.4 is 4.90 Å². The van der Waals surface area contributed by atoms with E-state index in [1.54, 1.807) is 0 Å². The molecule has 62 heavy (non-hydrogen) atoms. The summed E-state index contributed by atoms with van der Waals surface area (Å²) in [6.45, 7) is 4.73. The Morgan fingerprint density at radius 2 is 0.742 bits per heavy atom. The van der Waals surface area contributed by atoms with Gasteiger partial charge >= 0.3 is 0 Å². The van der Waals surface area contributed by atoms with E-state index < -0.39 is 0 Å². The molecule has 1 nitrogen and oxygen atoms in total. The zero-order chi connectivity index (χ0) is 41.6. The molecule has 0 aromatic heterocycles. The van der Waals surface area contributed by atoms with Gasteiger partial charge in [0.25, 0.3) is 0 Å². The maximum atomic E-state index is 2.41. The van der Waals surface area contributed by atoms with Crippen molar-refractivity contribution >= 4 is 27.8 Å². The quantitative estimate of drug-likeness (QED) is 0.148. The first-order chi connectivity index (χ1) is 30.5. The lowest BCUT2D eigenvalue weighted by atomic mass is 9.79. The fourth-order valence-corrected chi connectivity index (χ4v) is 9.74. The lowest BCUT2D eigenvalue weighted by Crippen LogP contribution is -2.16. The average molecular weight is 792 g/mol. The molecule has 0 N–H and O–H groups in total. The lowest BCUT2D eigenvalue weighted by Gasteiger charge is -2.29. The number of hydrogen-bond acceptors (Lipinski definition) is 1. The van der Waals surface area contributed by atoms with Gasteiger partial charge < -0.3 is 4.90 Å². The number of hydrogen-bond donors (Lipinski definition) is 0. The van der Waals surface area contributed by atoms with E-state index in [1.165, 1.54) is 88.7 Å². The Labute approximate surface area is 364 Å². The molecule has 0 spiro atoms. The van der Waals surface area contributed by atoms with Crippen molar-refractivity contribution < 1.29 is 0 Å². The third-order valence-corrected chi connectivity index (χ3v) is 12.9. The van der Waals surface area contributed by atoms with Crippen molar-refractivity contribution in [2.24, 2.45) is 0 Å². The van der Waals surface area contributed by atoms with Gasteiger partial charge in [-0.2, -0.15) is 0 Å². The van der Waals surface area contributed by atoms with Gasteiger partial charge in [0.05, 0.1) is 5.69 Å². The first-order valence-electron chi connectivity index (χ1n) is 21.6. The number of fused-ring (bicyclic) bond motifs is 4. The minimum absolute atomic E-state index is 0.0982. The molecule has 10 aromatic rings. The smallest absolute Gasteiger partial charge is 0.0540 e. The molecule has 0 saturated heterocycles. The minimum Gasteiger partial charge on any atom is -0.310 e. The molecular weight excluding hydrogens is 747 g/mol. The second kappa shape index (κ2) is 15.4. The summed E-state index contributed by atoms with van der Waals surface area (Å²) in [5.41, 5.74) is 20.8. The van der Waals surface area contributed by atoms with Gasteiger partial charge in [-0.15, -0.1) is 0 Å². The van der Waals surface area contributed by atoms with Crippen LogP contribution in [-0.4, -0.2) is 0 Å². The summed E-state index contributed by atoms with van der Waals surface area (Å²) in [7, 11) is 0. The molecule has 0 saturated carbocycles. The molecule has 0 bridgehead atoms. The third kappa shape index (κ3) is 6.60. The number of benzene rings is 10. The van der Waals surface area contributed by atoms with E-state index in [4.69, 9.17) is 0 Å². The molecule has 0 amide bonds. The maximum Gasteiger partial charge on any atom is 0.0540 e. The molecule has 0 heterocycles. The van der Waals surface area contributed by atoms with Gasteiger partial charge in [-0.25, -0.2) is 0 Å². The predicted molar refractivity (Wildman–Crippen MR) is 263 cm³/mol. The molecule has 0 atom stereocenters. The van der Waals surface area contributed by atoms with Gasteiger partial charge in [-0.1, -0.05) is 208 Å². The van der Waals surface area contributed by atoms with Crippen molar-refractivity contribution in [3.63, 3.8) is 0 Å². The Balaban J connectivity index is 0.990. The summed E-state index contributed by atoms with van der Waals surface area (Å²) in [4.78, 5) is 2.41. The van der Waals surface area contributed by atoms with Crippen molar-refractivity contribution in [2.45, 2.75) is 19.3 Å². The van der Waals surface area contributed by atoms with E-state index in [1.807, 2.05) is 0 Å².